The lowest BCUT2D eigenvalue weighted by molar-refractivity contribution is 0.320. The molecule has 8 heteroatoms. The van der Waals surface area contributed by atoms with Crippen molar-refractivity contribution in [2.24, 2.45) is 0 Å². The normalized spacial score (nSPS) is 15.5. The highest BCUT2D eigenvalue weighted by molar-refractivity contribution is 7.88. The first-order valence-electron chi connectivity index (χ1n) is 5.34. The van der Waals surface area contributed by atoms with Crippen LogP contribution in [0, 0.1) is 0 Å². The van der Waals surface area contributed by atoms with Crippen LogP contribution >= 0.6 is 0 Å². The maximum Gasteiger partial charge on any atom is 0.211 e. The first-order chi connectivity index (χ1) is 7.50. The van der Waals surface area contributed by atoms with E-state index in [0.29, 0.717) is 19.4 Å². The summed E-state index contributed by atoms with van der Waals surface area (Å²) >= 11 is 0. The molecule has 0 amide bonds. The molecule has 0 aromatic carbocycles. The molecule has 0 aromatic heterocycles. The summed E-state index contributed by atoms with van der Waals surface area (Å²) in [6, 6.07) is -0.172. The molecule has 0 aliphatic heterocycles. The second-order valence-corrected chi connectivity index (χ2v) is 8.35. The lowest BCUT2D eigenvalue weighted by Gasteiger charge is -2.26. The Bertz CT molecular complexity index is 430. The molecule has 104 valence electrons. The maximum absolute atomic E-state index is 11.4. The summed E-state index contributed by atoms with van der Waals surface area (Å²) in [4.78, 5) is 0. The van der Waals surface area contributed by atoms with Crippen LogP contribution in [0.5, 0.6) is 0 Å². The summed E-state index contributed by atoms with van der Waals surface area (Å²) in [6.45, 7) is 2.20. The van der Waals surface area contributed by atoms with Gasteiger partial charge in [-0.05, 0) is 12.8 Å². The monoisotopic (exact) mass is 286 g/mol. The third-order valence-corrected chi connectivity index (χ3v) is 5.51. The predicted octanol–water partition coefficient (Wildman–Crippen LogP) is -0.0621. The van der Waals surface area contributed by atoms with Gasteiger partial charge in [-0.25, -0.2) is 25.4 Å². The van der Waals surface area contributed by atoms with Crippen LogP contribution < -0.4 is 0 Å². The van der Waals surface area contributed by atoms with Gasteiger partial charge in [0, 0.05) is 26.7 Å². The Morgan fingerprint density at radius 2 is 1.47 bits per heavy atom. The van der Waals surface area contributed by atoms with Gasteiger partial charge in [-0.15, -0.1) is 0 Å². The molecule has 0 aliphatic carbocycles. The molecule has 0 spiro atoms. The highest BCUT2D eigenvalue weighted by Gasteiger charge is 2.22. The summed E-state index contributed by atoms with van der Waals surface area (Å²) in [5.74, 6) is 0. The molecule has 0 saturated carbocycles. The zero-order chi connectivity index (χ0) is 13.9. The van der Waals surface area contributed by atoms with Gasteiger partial charge in [0.1, 0.15) is 0 Å². The van der Waals surface area contributed by atoms with E-state index in [9.17, 15) is 16.8 Å². The van der Waals surface area contributed by atoms with E-state index in [1.165, 1.54) is 22.7 Å². The van der Waals surface area contributed by atoms with Gasteiger partial charge >= 0.3 is 0 Å². The zero-order valence-corrected chi connectivity index (χ0v) is 12.7. The van der Waals surface area contributed by atoms with E-state index in [1.54, 1.807) is 0 Å². The fraction of sp³-hybridized carbons (Fsp3) is 1.00. The quantitative estimate of drug-likeness (QED) is 0.657. The Kier molecular flexibility index (Phi) is 6.06. The average molecular weight is 286 g/mol. The molecule has 0 rings (SSSR count). The molecular formula is C9H22N2O4S2. The van der Waals surface area contributed by atoms with Crippen LogP contribution in [-0.4, -0.2) is 64.6 Å². The van der Waals surface area contributed by atoms with Crippen molar-refractivity contribution in [2.75, 3.05) is 33.2 Å². The Balaban J connectivity index is 4.55. The standard InChI is InChI=1S/C9H22N2O4S2/c1-6-9(11(3)17(5,14)15)7-8-10(2)16(4,12)13/h9H,6-8H2,1-5H3. The summed E-state index contributed by atoms with van der Waals surface area (Å²) in [5, 5.41) is 0. The largest absolute Gasteiger partial charge is 0.213 e. The van der Waals surface area contributed by atoms with Gasteiger partial charge in [0.05, 0.1) is 12.5 Å². The van der Waals surface area contributed by atoms with E-state index >= 15 is 0 Å². The molecule has 17 heavy (non-hydrogen) atoms. The van der Waals surface area contributed by atoms with E-state index < -0.39 is 20.0 Å². The molecule has 0 saturated heterocycles. The minimum Gasteiger partial charge on any atom is -0.213 e. The smallest absolute Gasteiger partial charge is 0.211 e. The van der Waals surface area contributed by atoms with Gasteiger partial charge in [-0.3, -0.25) is 0 Å². The van der Waals surface area contributed by atoms with E-state index in [1.807, 2.05) is 6.92 Å². The molecule has 1 unspecified atom stereocenters. The lowest BCUT2D eigenvalue weighted by atomic mass is 10.1. The molecule has 6 nitrogen and oxygen atoms in total. The summed E-state index contributed by atoms with van der Waals surface area (Å²) in [7, 11) is -3.43. The average Bonchev–Trinajstić information content (AvgIpc) is 2.15. The molecule has 0 aliphatic rings. The van der Waals surface area contributed by atoms with Crippen molar-refractivity contribution >= 4 is 20.0 Å². The second kappa shape index (κ2) is 6.12. The molecule has 0 N–H and O–H groups in total. The Hall–Kier alpha value is -0.180. The highest BCUT2D eigenvalue weighted by Crippen LogP contribution is 2.11. The van der Waals surface area contributed by atoms with E-state index in [-0.39, 0.29) is 6.04 Å². The van der Waals surface area contributed by atoms with Gasteiger partial charge in [0.25, 0.3) is 0 Å². The minimum atomic E-state index is -3.23. The summed E-state index contributed by atoms with van der Waals surface area (Å²) in [5.41, 5.74) is 0. The van der Waals surface area contributed by atoms with Crippen LogP contribution in [0.15, 0.2) is 0 Å². The van der Waals surface area contributed by atoms with E-state index in [0.717, 1.165) is 12.5 Å². The molecule has 0 bridgehead atoms. The third-order valence-electron chi connectivity index (χ3n) is 2.85. The van der Waals surface area contributed by atoms with Crippen LogP contribution in [0.1, 0.15) is 19.8 Å². The maximum atomic E-state index is 11.4. The SMILES string of the molecule is CCC(CCN(C)S(C)(=O)=O)N(C)S(C)(=O)=O. The first-order valence-corrected chi connectivity index (χ1v) is 9.04. The van der Waals surface area contributed by atoms with Crippen molar-refractivity contribution in [1.29, 1.82) is 0 Å². The summed E-state index contributed by atoms with van der Waals surface area (Å²) in [6.07, 6.45) is 3.43. The number of hydrogen-bond donors (Lipinski definition) is 0. The zero-order valence-electron chi connectivity index (χ0n) is 11.0. The van der Waals surface area contributed by atoms with Crippen molar-refractivity contribution in [3.05, 3.63) is 0 Å². The predicted molar refractivity (Wildman–Crippen MR) is 68.8 cm³/mol. The molecule has 0 radical (unpaired) electrons. The van der Waals surface area contributed by atoms with Gasteiger partial charge < -0.3 is 0 Å². The number of hydrogen-bond acceptors (Lipinski definition) is 4. The van der Waals surface area contributed by atoms with Crippen LogP contribution in [-0.2, 0) is 20.0 Å². The number of rotatable bonds is 7. The van der Waals surface area contributed by atoms with Gasteiger partial charge in [-0.1, -0.05) is 6.92 Å². The van der Waals surface area contributed by atoms with Crippen molar-refractivity contribution in [1.82, 2.24) is 8.61 Å². The third kappa shape index (κ3) is 5.80. The minimum absolute atomic E-state index is 0.172. The van der Waals surface area contributed by atoms with Gasteiger partial charge in [0.2, 0.25) is 20.0 Å². The van der Waals surface area contributed by atoms with E-state index in [2.05, 4.69) is 0 Å². The highest BCUT2D eigenvalue weighted by atomic mass is 32.2. The molecule has 0 fully saturated rings. The van der Waals surface area contributed by atoms with E-state index in [4.69, 9.17) is 0 Å². The van der Waals surface area contributed by atoms with Gasteiger partial charge in [-0.2, -0.15) is 0 Å². The fourth-order valence-electron chi connectivity index (χ4n) is 1.41. The second-order valence-electron chi connectivity index (χ2n) is 4.21. The van der Waals surface area contributed by atoms with Crippen molar-refractivity contribution in [2.45, 2.75) is 25.8 Å². The Labute approximate surface area is 105 Å². The molecule has 0 aromatic rings. The van der Waals surface area contributed by atoms with Crippen molar-refractivity contribution in [3.8, 4) is 0 Å². The molecular weight excluding hydrogens is 264 g/mol. The Morgan fingerprint density at radius 1 is 1.00 bits per heavy atom. The van der Waals surface area contributed by atoms with Crippen LogP contribution in [0.4, 0.5) is 0 Å². The number of sulfonamides is 2. The fourth-order valence-corrected chi connectivity index (χ4v) is 2.64. The number of nitrogens with zero attached hydrogens (tertiary/aromatic N) is 2. The topological polar surface area (TPSA) is 74.8 Å². The van der Waals surface area contributed by atoms with Gasteiger partial charge in [0.15, 0.2) is 0 Å². The van der Waals surface area contributed by atoms with Crippen LogP contribution in [0.3, 0.4) is 0 Å². The molecule has 1 atom stereocenters. The molecule has 0 heterocycles. The first kappa shape index (κ1) is 16.8. The summed E-state index contributed by atoms with van der Waals surface area (Å²) < 4.78 is 47.6. The Morgan fingerprint density at radius 3 is 1.76 bits per heavy atom. The lowest BCUT2D eigenvalue weighted by Crippen LogP contribution is -2.39. The van der Waals surface area contributed by atoms with Crippen molar-refractivity contribution in [3.63, 3.8) is 0 Å². The van der Waals surface area contributed by atoms with Crippen LogP contribution in [0.2, 0.25) is 0 Å². The van der Waals surface area contributed by atoms with Crippen molar-refractivity contribution < 1.29 is 16.8 Å². The van der Waals surface area contributed by atoms with Crippen LogP contribution in [0.25, 0.3) is 0 Å².